The zero-order chi connectivity index (χ0) is 13.4. The van der Waals surface area contributed by atoms with Gasteiger partial charge in [0.2, 0.25) is 0 Å². The Morgan fingerprint density at radius 2 is 1.94 bits per heavy atom. The molecule has 1 aliphatic carbocycles. The second-order valence-corrected chi connectivity index (χ2v) is 5.95. The van der Waals surface area contributed by atoms with Gasteiger partial charge in [-0.3, -0.25) is 4.79 Å². The monoisotopic (exact) mass is 255 g/mol. The maximum absolute atomic E-state index is 11.6. The Bertz CT molecular complexity index is 235. The van der Waals surface area contributed by atoms with Gasteiger partial charge in [0.25, 0.3) is 0 Å². The van der Waals surface area contributed by atoms with Gasteiger partial charge in [-0.1, -0.05) is 46.0 Å². The summed E-state index contributed by atoms with van der Waals surface area (Å²) in [5.41, 5.74) is 0. The molecule has 0 aromatic carbocycles. The lowest BCUT2D eigenvalue weighted by atomic mass is 9.87. The van der Waals surface area contributed by atoms with E-state index in [2.05, 4.69) is 19.2 Å². The Morgan fingerprint density at radius 3 is 2.50 bits per heavy atom. The Balaban J connectivity index is 2.25. The standard InChI is InChI=1S/C15H29NO2/c1-12(2)11-14(15(17)18-3)16-10-9-13-7-5-4-6-8-13/h12-14,16H,4-11H2,1-3H3. The van der Waals surface area contributed by atoms with E-state index in [4.69, 9.17) is 4.74 Å². The summed E-state index contributed by atoms with van der Waals surface area (Å²) in [6.45, 7) is 5.22. The van der Waals surface area contributed by atoms with E-state index in [1.54, 1.807) is 0 Å². The summed E-state index contributed by atoms with van der Waals surface area (Å²) in [6.07, 6.45) is 8.97. The molecule has 18 heavy (non-hydrogen) atoms. The largest absolute Gasteiger partial charge is 0.468 e. The minimum atomic E-state index is -0.126. The average molecular weight is 255 g/mol. The van der Waals surface area contributed by atoms with Gasteiger partial charge >= 0.3 is 5.97 Å². The lowest BCUT2D eigenvalue weighted by molar-refractivity contribution is -0.143. The van der Waals surface area contributed by atoms with E-state index >= 15 is 0 Å². The van der Waals surface area contributed by atoms with Crippen LogP contribution in [0.2, 0.25) is 0 Å². The molecule has 0 spiro atoms. The van der Waals surface area contributed by atoms with Crippen molar-refractivity contribution in [2.75, 3.05) is 13.7 Å². The maximum atomic E-state index is 11.6. The van der Waals surface area contributed by atoms with Crippen LogP contribution in [0.3, 0.4) is 0 Å². The summed E-state index contributed by atoms with van der Waals surface area (Å²) in [6, 6.07) is -0.126. The molecule has 1 atom stereocenters. The van der Waals surface area contributed by atoms with Gasteiger partial charge in [-0.25, -0.2) is 0 Å². The summed E-state index contributed by atoms with van der Waals surface area (Å²) >= 11 is 0. The minimum absolute atomic E-state index is 0.118. The number of methoxy groups -OCH3 is 1. The molecular weight excluding hydrogens is 226 g/mol. The third-order valence-electron chi connectivity index (χ3n) is 3.86. The second kappa shape index (κ2) is 8.52. The highest BCUT2D eigenvalue weighted by Gasteiger charge is 2.20. The van der Waals surface area contributed by atoms with Crippen molar-refractivity contribution in [2.24, 2.45) is 11.8 Å². The third kappa shape index (κ3) is 5.85. The van der Waals surface area contributed by atoms with Crippen LogP contribution in [-0.2, 0) is 9.53 Å². The number of esters is 1. The average Bonchev–Trinajstić information content (AvgIpc) is 2.37. The topological polar surface area (TPSA) is 38.3 Å². The lowest BCUT2D eigenvalue weighted by Crippen LogP contribution is -2.39. The Kier molecular flexibility index (Phi) is 7.33. The number of nitrogens with one attached hydrogen (secondary N) is 1. The van der Waals surface area contributed by atoms with Crippen molar-refractivity contribution in [1.29, 1.82) is 0 Å². The van der Waals surface area contributed by atoms with Crippen LogP contribution < -0.4 is 5.32 Å². The molecular formula is C15H29NO2. The number of hydrogen-bond donors (Lipinski definition) is 1. The van der Waals surface area contributed by atoms with Crippen LogP contribution in [0.5, 0.6) is 0 Å². The number of ether oxygens (including phenoxy) is 1. The molecule has 0 aromatic rings. The summed E-state index contributed by atoms with van der Waals surface area (Å²) in [5.74, 6) is 1.26. The zero-order valence-electron chi connectivity index (χ0n) is 12.2. The molecule has 106 valence electrons. The van der Waals surface area contributed by atoms with Gasteiger partial charge in [-0.15, -0.1) is 0 Å². The summed E-state index contributed by atoms with van der Waals surface area (Å²) in [4.78, 5) is 11.6. The molecule has 1 unspecified atom stereocenters. The van der Waals surface area contributed by atoms with E-state index in [1.165, 1.54) is 45.6 Å². The van der Waals surface area contributed by atoms with E-state index in [1.807, 2.05) is 0 Å². The minimum Gasteiger partial charge on any atom is -0.468 e. The van der Waals surface area contributed by atoms with Crippen molar-refractivity contribution in [3.05, 3.63) is 0 Å². The van der Waals surface area contributed by atoms with Gasteiger partial charge in [-0.2, -0.15) is 0 Å². The van der Waals surface area contributed by atoms with Crippen molar-refractivity contribution < 1.29 is 9.53 Å². The van der Waals surface area contributed by atoms with Gasteiger partial charge in [0.05, 0.1) is 7.11 Å². The van der Waals surface area contributed by atoms with E-state index < -0.39 is 0 Å². The molecule has 1 N–H and O–H groups in total. The fourth-order valence-electron chi connectivity index (χ4n) is 2.81. The number of rotatable bonds is 7. The molecule has 0 bridgehead atoms. The predicted octanol–water partition coefficient (Wildman–Crippen LogP) is 3.13. The highest BCUT2D eigenvalue weighted by atomic mass is 16.5. The molecule has 3 nitrogen and oxygen atoms in total. The molecule has 0 saturated heterocycles. The highest BCUT2D eigenvalue weighted by Crippen LogP contribution is 2.25. The van der Waals surface area contributed by atoms with E-state index in [9.17, 15) is 4.79 Å². The van der Waals surface area contributed by atoms with Crippen LogP contribution in [0.15, 0.2) is 0 Å². The van der Waals surface area contributed by atoms with Crippen molar-refractivity contribution in [1.82, 2.24) is 5.32 Å². The quantitative estimate of drug-likeness (QED) is 0.710. The van der Waals surface area contributed by atoms with Crippen molar-refractivity contribution in [3.63, 3.8) is 0 Å². The van der Waals surface area contributed by atoms with Gasteiger partial charge in [0.15, 0.2) is 0 Å². The third-order valence-corrected chi connectivity index (χ3v) is 3.86. The lowest BCUT2D eigenvalue weighted by Gasteiger charge is -2.23. The summed E-state index contributed by atoms with van der Waals surface area (Å²) in [7, 11) is 1.47. The first-order chi connectivity index (χ1) is 8.63. The second-order valence-electron chi connectivity index (χ2n) is 5.95. The molecule has 0 radical (unpaired) electrons. The normalized spacial score (nSPS) is 18.9. The molecule has 0 heterocycles. The van der Waals surface area contributed by atoms with Gasteiger partial charge < -0.3 is 10.1 Å². The van der Waals surface area contributed by atoms with E-state index in [-0.39, 0.29) is 12.0 Å². The fraction of sp³-hybridized carbons (Fsp3) is 0.933. The van der Waals surface area contributed by atoms with Gasteiger partial charge in [0.1, 0.15) is 6.04 Å². The highest BCUT2D eigenvalue weighted by molar-refractivity contribution is 5.75. The zero-order valence-corrected chi connectivity index (χ0v) is 12.2. The van der Waals surface area contributed by atoms with Crippen LogP contribution in [-0.4, -0.2) is 25.7 Å². The first kappa shape index (κ1) is 15.5. The number of hydrogen-bond acceptors (Lipinski definition) is 3. The van der Waals surface area contributed by atoms with Crippen LogP contribution >= 0.6 is 0 Å². The summed E-state index contributed by atoms with van der Waals surface area (Å²) < 4.78 is 4.85. The predicted molar refractivity (Wildman–Crippen MR) is 74.5 cm³/mol. The van der Waals surface area contributed by atoms with Crippen LogP contribution in [0.1, 0.15) is 58.8 Å². The number of carbonyl (C=O) groups excluding carboxylic acids is 1. The molecule has 3 heteroatoms. The Hall–Kier alpha value is -0.570. The molecule has 0 aliphatic heterocycles. The molecule has 0 aromatic heterocycles. The van der Waals surface area contributed by atoms with Crippen LogP contribution in [0.25, 0.3) is 0 Å². The smallest absolute Gasteiger partial charge is 0.322 e. The fourth-order valence-corrected chi connectivity index (χ4v) is 2.81. The van der Waals surface area contributed by atoms with Crippen LogP contribution in [0, 0.1) is 11.8 Å². The molecule has 1 aliphatic rings. The first-order valence-electron chi connectivity index (χ1n) is 7.44. The Morgan fingerprint density at radius 1 is 1.28 bits per heavy atom. The van der Waals surface area contributed by atoms with E-state index in [0.29, 0.717) is 5.92 Å². The van der Waals surface area contributed by atoms with Gasteiger partial charge in [0, 0.05) is 0 Å². The molecule has 0 amide bonds. The maximum Gasteiger partial charge on any atom is 0.322 e. The molecule has 1 saturated carbocycles. The SMILES string of the molecule is COC(=O)C(CC(C)C)NCCC1CCCCC1. The van der Waals surface area contributed by atoms with Crippen molar-refractivity contribution >= 4 is 5.97 Å². The molecule has 1 fully saturated rings. The van der Waals surface area contributed by atoms with Crippen LogP contribution in [0.4, 0.5) is 0 Å². The molecule has 1 rings (SSSR count). The van der Waals surface area contributed by atoms with E-state index in [0.717, 1.165) is 18.9 Å². The number of carbonyl (C=O) groups is 1. The van der Waals surface area contributed by atoms with Crippen molar-refractivity contribution in [3.8, 4) is 0 Å². The van der Waals surface area contributed by atoms with Gasteiger partial charge in [-0.05, 0) is 31.2 Å². The Labute approximate surface area is 112 Å². The first-order valence-corrected chi connectivity index (χ1v) is 7.44. The summed E-state index contributed by atoms with van der Waals surface area (Å²) in [5, 5.41) is 3.37. The van der Waals surface area contributed by atoms with Crippen molar-refractivity contribution in [2.45, 2.75) is 64.8 Å².